The molecule has 0 spiro atoms. The van der Waals surface area contributed by atoms with Gasteiger partial charge in [0, 0.05) is 35.5 Å². The van der Waals surface area contributed by atoms with E-state index in [4.69, 9.17) is 11.6 Å². The maximum atomic E-state index is 12.5. The summed E-state index contributed by atoms with van der Waals surface area (Å²) in [5, 5.41) is 7.59. The van der Waals surface area contributed by atoms with E-state index in [2.05, 4.69) is 25.6 Å². The highest BCUT2D eigenvalue weighted by Gasteiger charge is 2.10. The quantitative estimate of drug-likeness (QED) is 0.523. The van der Waals surface area contributed by atoms with Crippen molar-refractivity contribution in [2.45, 2.75) is 6.54 Å². The molecule has 0 fully saturated rings. The number of amides is 1. The number of nitrogens with zero attached hydrogens (tertiary/aromatic N) is 3. The average molecular weight is 390 g/mol. The van der Waals surface area contributed by atoms with Crippen LogP contribution in [-0.4, -0.2) is 20.9 Å². The Bertz CT molecular complexity index is 1130. The molecule has 0 aliphatic rings. The van der Waals surface area contributed by atoms with Crippen LogP contribution in [0.1, 0.15) is 15.9 Å². The van der Waals surface area contributed by atoms with Crippen molar-refractivity contribution in [3.63, 3.8) is 0 Å². The van der Waals surface area contributed by atoms with E-state index < -0.39 is 0 Å². The monoisotopic (exact) mass is 389 g/mol. The zero-order chi connectivity index (χ0) is 19.3. The number of nitrogens with one attached hydrogen (secondary N) is 2. The molecule has 2 heterocycles. The fourth-order valence-corrected chi connectivity index (χ4v) is 2.95. The van der Waals surface area contributed by atoms with Crippen molar-refractivity contribution in [2.75, 3.05) is 10.6 Å². The summed E-state index contributed by atoms with van der Waals surface area (Å²) >= 11 is 6.14. The first-order valence-corrected chi connectivity index (χ1v) is 9.03. The van der Waals surface area contributed by atoms with Crippen LogP contribution in [0.3, 0.4) is 0 Å². The summed E-state index contributed by atoms with van der Waals surface area (Å²) in [6.45, 7) is 0.493. The molecule has 138 valence electrons. The van der Waals surface area contributed by atoms with Gasteiger partial charge in [0.2, 0.25) is 5.95 Å². The normalized spacial score (nSPS) is 10.6. The van der Waals surface area contributed by atoms with E-state index in [1.165, 1.54) is 12.4 Å². The van der Waals surface area contributed by atoms with Gasteiger partial charge in [-0.15, -0.1) is 0 Å². The molecule has 0 atom stereocenters. The summed E-state index contributed by atoms with van der Waals surface area (Å²) in [5.41, 5.74) is 2.68. The topological polar surface area (TPSA) is 79.8 Å². The van der Waals surface area contributed by atoms with Gasteiger partial charge in [0.05, 0.1) is 16.8 Å². The average Bonchev–Trinajstić information content (AvgIpc) is 2.74. The Morgan fingerprint density at radius 3 is 2.54 bits per heavy atom. The minimum atomic E-state index is -0.296. The predicted molar refractivity (Wildman–Crippen MR) is 111 cm³/mol. The van der Waals surface area contributed by atoms with Crippen molar-refractivity contribution < 1.29 is 4.79 Å². The van der Waals surface area contributed by atoms with Crippen molar-refractivity contribution in [1.82, 2.24) is 15.0 Å². The zero-order valence-corrected chi connectivity index (χ0v) is 15.5. The molecule has 28 heavy (non-hydrogen) atoms. The largest absolute Gasteiger partial charge is 0.350 e. The lowest BCUT2D eigenvalue weighted by Crippen LogP contribution is -2.14. The Labute approximate surface area is 166 Å². The lowest BCUT2D eigenvalue weighted by molar-refractivity contribution is 0.102. The van der Waals surface area contributed by atoms with E-state index in [1.807, 2.05) is 54.6 Å². The van der Waals surface area contributed by atoms with Gasteiger partial charge in [-0.25, -0.2) is 9.97 Å². The van der Waals surface area contributed by atoms with Crippen molar-refractivity contribution in [3.05, 3.63) is 89.3 Å². The molecule has 4 rings (SSSR count). The minimum Gasteiger partial charge on any atom is -0.350 e. The number of hydrogen-bond donors (Lipinski definition) is 2. The van der Waals surface area contributed by atoms with E-state index in [1.54, 1.807) is 6.20 Å². The Balaban J connectivity index is 1.44. The maximum absolute atomic E-state index is 12.5. The SMILES string of the molecule is O=C(Nc1cccc2cccnc12)c1cnc(NCc2ccccc2Cl)nc1. The molecule has 0 unspecified atom stereocenters. The van der Waals surface area contributed by atoms with Crippen LogP contribution in [0.15, 0.2) is 73.2 Å². The van der Waals surface area contributed by atoms with Crippen molar-refractivity contribution in [1.29, 1.82) is 0 Å². The molecule has 0 aliphatic carbocycles. The maximum Gasteiger partial charge on any atom is 0.258 e. The molecule has 0 aliphatic heterocycles. The van der Waals surface area contributed by atoms with Crippen LogP contribution in [0.5, 0.6) is 0 Å². The summed E-state index contributed by atoms with van der Waals surface area (Å²) in [7, 11) is 0. The number of pyridine rings is 1. The van der Waals surface area contributed by atoms with Gasteiger partial charge in [-0.05, 0) is 23.8 Å². The molecule has 4 aromatic rings. The highest BCUT2D eigenvalue weighted by Crippen LogP contribution is 2.21. The summed E-state index contributed by atoms with van der Waals surface area (Å²) in [5.74, 6) is 0.124. The van der Waals surface area contributed by atoms with Gasteiger partial charge in [-0.1, -0.05) is 48.0 Å². The van der Waals surface area contributed by atoms with Gasteiger partial charge in [0.15, 0.2) is 0 Å². The molecule has 2 N–H and O–H groups in total. The number of carbonyl (C=O) groups is 1. The van der Waals surface area contributed by atoms with Crippen LogP contribution in [0, 0.1) is 0 Å². The van der Waals surface area contributed by atoms with E-state index in [0.29, 0.717) is 28.8 Å². The standard InChI is InChI=1S/C21H16ClN5O/c22-17-8-2-1-5-15(17)11-24-21-25-12-16(13-26-21)20(28)27-18-9-3-6-14-7-4-10-23-19(14)18/h1-10,12-13H,11H2,(H,27,28)(H,24,25,26). The van der Waals surface area contributed by atoms with Crippen molar-refractivity contribution in [3.8, 4) is 0 Å². The van der Waals surface area contributed by atoms with Gasteiger partial charge in [0.25, 0.3) is 5.91 Å². The number of carbonyl (C=O) groups excluding carboxylic acids is 1. The molecule has 0 radical (unpaired) electrons. The third-order valence-corrected chi connectivity index (χ3v) is 4.56. The second-order valence-electron chi connectivity index (χ2n) is 6.08. The highest BCUT2D eigenvalue weighted by atomic mass is 35.5. The second kappa shape index (κ2) is 8.02. The first-order valence-electron chi connectivity index (χ1n) is 8.65. The summed E-state index contributed by atoms with van der Waals surface area (Å²) in [4.78, 5) is 25.3. The number of benzene rings is 2. The van der Waals surface area contributed by atoms with Crippen LogP contribution in [0.4, 0.5) is 11.6 Å². The number of para-hydroxylation sites is 1. The number of halogens is 1. The van der Waals surface area contributed by atoms with Gasteiger partial charge < -0.3 is 10.6 Å². The number of hydrogen-bond acceptors (Lipinski definition) is 5. The number of fused-ring (bicyclic) bond motifs is 1. The Hall–Kier alpha value is -3.51. The molecule has 0 bridgehead atoms. The predicted octanol–water partition coefficient (Wildman–Crippen LogP) is 4.54. The van der Waals surface area contributed by atoms with Crippen LogP contribution in [0.25, 0.3) is 10.9 Å². The molecule has 6 nitrogen and oxygen atoms in total. The summed E-state index contributed by atoms with van der Waals surface area (Å²) in [6, 6.07) is 17.0. The fourth-order valence-electron chi connectivity index (χ4n) is 2.75. The zero-order valence-electron chi connectivity index (χ0n) is 14.8. The van der Waals surface area contributed by atoms with Crippen molar-refractivity contribution >= 4 is 40.0 Å². The molecular formula is C21H16ClN5O. The number of aromatic nitrogens is 3. The molecule has 7 heteroatoms. The Morgan fingerprint density at radius 1 is 0.929 bits per heavy atom. The fraction of sp³-hybridized carbons (Fsp3) is 0.0476. The minimum absolute atomic E-state index is 0.296. The third kappa shape index (κ3) is 3.92. The molecule has 0 saturated heterocycles. The lowest BCUT2D eigenvalue weighted by Gasteiger charge is -2.09. The van der Waals surface area contributed by atoms with Crippen LogP contribution < -0.4 is 10.6 Å². The molecule has 1 amide bonds. The number of anilines is 2. The van der Waals surface area contributed by atoms with E-state index >= 15 is 0 Å². The molecular weight excluding hydrogens is 374 g/mol. The van der Waals surface area contributed by atoms with Crippen molar-refractivity contribution in [2.24, 2.45) is 0 Å². The highest BCUT2D eigenvalue weighted by molar-refractivity contribution is 6.31. The van der Waals surface area contributed by atoms with Crippen LogP contribution in [-0.2, 0) is 6.54 Å². The van der Waals surface area contributed by atoms with Crippen LogP contribution >= 0.6 is 11.6 Å². The Morgan fingerprint density at radius 2 is 1.71 bits per heavy atom. The Kier molecular flexibility index (Phi) is 5.12. The van der Waals surface area contributed by atoms with E-state index in [9.17, 15) is 4.79 Å². The number of rotatable bonds is 5. The molecule has 2 aromatic heterocycles. The first kappa shape index (κ1) is 17.9. The molecule has 0 saturated carbocycles. The van der Waals surface area contributed by atoms with E-state index in [-0.39, 0.29) is 5.91 Å². The second-order valence-corrected chi connectivity index (χ2v) is 6.48. The lowest BCUT2D eigenvalue weighted by atomic mass is 10.2. The van der Waals surface area contributed by atoms with Gasteiger partial charge in [-0.3, -0.25) is 9.78 Å². The van der Waals surface area contributed by atoms with E-state index in [0.717, 1.165) is 16.5 Å². The third-order valence-electron chi connectivity index (χ3n) is 4.19. The van der Waals surface area contributed by atoms with Gasteiger partial charge in [0.1, 0.15) is 0 Å². The molecule has 2 aromatic carbocycles. The summed E-state index contributed by atoms with van der Waals surface area (Å²) < 4.78 is 0. The van der Waals surface area contributed by atoms with Gasteiger partial charge in [-0.2, -0.15) is 0 Å². The smallest absolute Gasteiger partial charge is 0.258 e. The first-order chi connectivity index (χ1) is 13.7. The van der Waals surface area contributed by atoms with Crippen LogP contribution in [0.2, 0.25) is 5.02 Å². The summed E-state index contributed by atoms with van der Waals surface area (Å²) in [6.07, 6.45) is 4.66. The van der Waals surface area contributed by atoms with Gasteiger partial charge >= 0.3 is 0 Å².